The molecule has 0 radical (unpaired) electrons. The fraction of sp³-hybridized carbons (Fsp3) is 0.500. The molecular formula is C26H38N4O4S. The topological polar surface area (TPSA) is 82.2 Å². The SMILES string of the molecule is CN(C)CCOc1ccc(CCN2C(=O)N(NS(C)(=O)=O)CC2c2ccc(C(C)(C)C)cc2)cc1. The quantitative estimate of drug-likeness (QED) is 0.539. The Hall–Kier alpha value is -2.62. The van der Waals surface area contributed by atoms with E-state index < -0.39 is 10.0 Å². The van der Waals surface area contributed by atoms with Crippen LogP contribution in [0.25, 0.3) is 0 Å². The van der Waals surface area contributed by atoms with Crippen LogP contribution in [-0.4, -0.2) is 75.8 Å². The van der Waals surface area contributed by atoms with Crippen molar-refractivity contribution in [2.45, 2.75) is 38.6 Å². The number of carbonyl (C=O) groups is 1. The minimum Gasteiger partial charge on any atom is -0.492 e. The number of urea groups is 1. The smallest absolute Gasteiger partial charge is 0.335 e. The van der Waals surface area contributed by atoms with Gasteiger partial charge in [-0.15, -0.1) is 4.83 Å². The lowest BCUT2D eigenvalue weighted by Gasteiger charge is -2.25. The summed E-state index contributed by atoms with van der Waals surface area (Å²) in [6, 6.07) is 15.5. The average Bonchev–Trinajstić information content (AvgIpc) is 3.06. The van der Waals surface area contributed by atoms with Crippen LogP contribution in [0.1, 0.15) is 43.5 Å². The molecular weight excluding hydrogens is 464 g/mol. The van der Waals surface area contributed by atoms with Crippen LogP contribution in [0.15, 0.2) is 48.5 Å². The Labute approximate surface area is 209 Å². The van der Waals surface area contributed by atoms with Crippen molar-refractivity contribution in [3.63, 3.8) is 0 Å². The van der Waals surface area contributed by atoms with Crippen LogP contribution in [0.2, 0.25) is 0 Å². The van der Waals surface area contributed by atoms with E-state index in [-0.39, 0.29) is 24.0 Å². The van der Waals surface area contributed by atoms with Crippen molar-refractivity contribution in [3.05, 3.63) is 65.2 Å². The number of ether oxygens (including phenoxy) is 1. The molecule has 1 fully saturated rings. The zero-order valence-electron chi connectivity index (χ0n) is 21.6. The maximum absolute atomic E-state index is 13.1. The molecule has 3 rings (SSSR count). The van der Waals surface area contributed by atoms with Gasteiger partial charge >= 0.3 is 6.03 Å². The van der Waals surface area contributed by atoms with Gasteiger partial charge < -0.3 is 14.5 Å². The Morgan fingerprint density at radius 1 is 1.06 bits per heavy atom. The third-order valence-corrected chi connectivity index (χ3v) is 6.57. The van der Waals surface area contributed by atoms with Gasteiger partial charge in [-0.25, -0.2) is 18.2 Å². The molecule has 9 heteroatoms. The van der Waals surface area contributed by atoms with Crippen LogP contribution in [0, 0.1) is 0 Å². The number of rotatable bonds is 10. The molecule has 1 saturated heterocycles. The lowest BCUT2D eigenvalue weighted by molar-refractivity contribution is 0.182. The van der Waals surface area contributed by atoms with E-state index in [2.05, 4.69) is 42.6 Å². The fourth-order valence-corrected chi connectivity index (χ4v) is 4.56. The molecule has 0 aliphatic carbocycles. The number of nitrogens with zero attached hydrogens (tertiary/aromatic N) is 3. The van der Waals surface area contributed by atoms with Gasteiger partial charge in [-0.2, -0.15) is 0 Å². The van der Waals surface area contributed by atoms with Gasteiger partial charge in [-0.05, 0) is 54.8 Å². The summed E-state index contributed by atoms with van der Waals surface area (Å²) in [5.41, 5.74) is 3.29. The Balaban J connectivity index is 1.73. The van der Waals surface area contributed by atoms with E-state index in [9.17, 15) is 13.2 Å². The molecule has 8 nitrogen and oxygen atoms in total. The Bertz CT molecular complexity index is 1090. The van der Waals surface area contributed by atoms with Crippen molar-refractivity contribution in [3.8, 4) is 5.75 Å². The lowest BCUT2D eigenvalue weighted by Crippen LogP contribution is -2.44. The standard InChI is InChI=1S/C26H38N4O4S/c1-26(2,3)22-11-9-21(10-12-22)24-19-30(27-35(6,32)33)25(31)29(24)16-15-20-7-13-23(14-8-20)34-18-17-28(4)5/h7-14,24,27H,15-19H2,1-6H3. The highest BCUT2D eigenvalue weighted by Crippen LogP contribution is 2.31. The van der Waals surface area contributed by atoms with Crippen LogP contribution >= 0.6 is 0 Å². The molecule has 1 heterocycles. The maximum atomic E-state index is 13.1. The van der Waals surface area contributed by atoms with Gasteiger partial charge in [0.25, 0.3) is 0 Å². The number of hydrogen-bond donors (Lipinski definition) is 1. The predicted octanol–water partition coefficient (Wildman–Crippen LogP) is 3.41. The van der Waals surface area contributed by atoms with E-state index in [0.29, 0.717) is 19.6 Å². The fourth-order valence-electron chi connectivity index (χ4n) is 4.00. The van der Waals surface area contributed by atoms with E-state index in [0.717, 1.165) is 29.7 Å². The number of nitrogens with one attached hydrogen (secondary N) is 1. The summed E-state index contributed by atoms with van der Waals surface area (Å²) in [6.07, 6.45) is 1.70. The molecule has 1 N–H and O–H groups in total. The molecule has 2 aromatic carbocycles. The first-order valence-electron chi connectivity index (χ1n) is 11.9. The van der Waals surface area contributed by atoms with Crippen LogP contribution in [0.4, 0.5) is 4.79 Å². The van der Waals surface area contributed by atoms with Gasteiger partial charge in [0.15, 0.2) is 0 Å². The molecule has 35 heavy (non-hydrogen) atoms. The number of benzene rings is 2. The monoisotopic (exact) mass is 502 g/mol. The highest BCUT2D eigenvalue weighted by atomic mass is 32.2. The van der Waals surface area contributed by atoms with E-state index in [1.165, 1.54) is 10.6 Å². The van der Waals surface area contributed by atoms with Crippen molar-refractivity contribution in [2.75, 3.05) is 46.6 Å². The zero-order chi connectivity index (χ0) is 25.8. The van der Waals surface area contributed by atoms with Crippen molar-refractivity contribution < 1.29 is 17.9 Å². The predicted molar refractivity (Wildman–Crippen MR) is 139 cm³/mol. The van der Waals surface area contributed by atoms with Gasteiger partial charge in [-0.1, -0.05) is 57.2 Å². The summed E-state index contributed by atoms with van der Waals surface area (Å²) < 4.78 is 29.4. The molecule has 0 spiro atoms. The molecule has 2 amide bonds. The Kier molecular flexibility index (Phi) is 8.46. The van der Waals surface area contributed by atoms with Crippen LogP contribution in [-0.2, 0) is 21.9 Å². The number of hydrogen-bond acceptors (Lipinski definition) is 5. The highest BCUT2D eigenvalue weighted by Gasteiger charge is 2.39. The van der Waals surface area contributed by atoms with Crippen molar-refractivity contribution in [2.24, 2.45) is 0 Å². The molecule has 1 unspecified atom stereocenters. The first-order valence-corrected chi connectivity index (χ1v) is 13.7. The van der Waals surface area contributed by atoms with E-state index in [1.807, 2.05) is 50.5 Å². The third-order valence-electron chi connectivity index (χ3n) is 6.02. The van der Waals surface area contributed by atoms with Crippen molar-refractivity contribution in [1.82, 2.24) is 19.6 Å². The number of sulfonamides is 1. The molecule has 0 bridgehead atoms. The highest BCUT2D eigenvalue weighted by molar-refractivity contribution is 7.88. The molecule has 0 aromatic heterocycles. The molecule has 1 aliphatic heterocycles. The minimum atomic E-state index is -3.57. The third kappa shape index (κ3) is 7.68. The van der Waals surface area contributed by atoms with Crippen molar-refractivity contribution in [1.29, 1.82) is 0 Å². The van der Waals surface area contributed by atoms with Gasteiger partial charge in [0.05, 0.1) is 18.8 Å². The molecule has 2 aromatic rings. The molecule has 1 aliphatic rings. The normalized spacial score (nSPS) is 16.9. The van der Waals surface area contributed by atoms with E-state index in [1.54, 1.807) is 4.90 Å². The van der Waals surface area contributed by atoms with Gasteiger partial charge in [0.2, 0.25) is 10.0 Å². The average molecular weight is 503 g/mol. The number of carbonyl (C=O) groups excluding carboxylic acids is 1. The van der Waals surface area contributed by atoms with Crippen LogP contribution in [0.3, 0.4) is 0 Å². The molecule has 1 atom stereocenters. The number of hydrazine groups is 1. The molecule has 192 valence electrons. The number of likely N-dealkylation sites (N-methyl/N-ethyl adjacent to an activating group) is 1. The van der Waals surface area contributed by atoms with Crippen molar-refractivity contribution >= 4 is 16.1 Å². The minimum absolute atomic E-state index is 0.0237. The number of amides is 2. The largest absolute Gasteiger partial charge is 0.492 e. The molecule has 0 saturated carbocycles. The van der Waals surface area contributed by atoms with Gasteiger partial charge in [-0.3, -0.25) is 0 Å². The van der Waals surface area contributed by atoms with Gasteiger partial charge in [0, 0.05) is 13.1 Å². The maximum Gasteiger partial charge on any atom is 0.335 e. The summed E-state index contributed by atoms with van der Waals surface area (Å²) in [6.45, 7) is 8.65. The van der Waals surface area contributed by atoms with E-state index >= 15 is 0 Å². The first kappa shape index (κ1) is 27.0. The van der Waals surface area contributed by atoms with Crippen LogP contribution < -0.4 is 9.57 Å². The summed E-state index contributed by atoms with van der Waals surface area (Å²) in [5.74, 6) is 0.813. The van der Waals surface area contributed by atoms with Gasteiger partial charge in [0.1, 0.15) is 12.4 Å². The first-order chi connectivity index (χ1) is 16.3. The second kappa shape index (κ2) is 11.0. The summed E-state index contributed by atoms with van der Waals surface area (Å²) in [4.78, 5) is 19.3. The summed E-state index contributed by atoms with van der Waals surface area (Å²) >= 11 is 0. The van der Waals surface area contributed by atoms with Crippen LogP contribution in [0.5, 0.6) is 5.75 Å². The second-order valence-electron chi connectivity index (χ2n) is 10.4. The Morgan fingerprint density at radius 2 is 1.69 bits per heavy atom. The lowest BCUT2D eigenvalue weighted by atomic mass is 9.86. The Morgan fingerprint density at radius 3 is 2.23 bits per heavy atom. The second-order valence-corrected chi connectivity index (χ2v) is 12.1. The van der Waals surface area contributed by atoms with E-state index in [4.69, 9.17) is 4.74 Å². The summed E-state index contributed by atoms with van der Waals surface area (Å²) in [7, 11) is 0.441. The zero-order valence-corrected chi connectivity index (χ0v) is 22.4. The summed E-state index contributed by atoms with van der Waals surface area (Å²) in [5, 5.41) is 1.19.